The molecule has 160 valence electrons. The van der Waals surface area contributed by atoms with Crippen LogP contribution in [0.4, 0.5) is 10.2 Å². The first kappa shape index (κ1) is 20.8. The van der Waals surface area contributed by atoms with Crippen molar-refractivity contribution in [1.29, 1.82) is 0 Å². The Bertz CT molecular complexity index is 1050. The van der Waals surface area contributed by atoms with Crippen LogP contribution in [0.1, 0.15) is 56.3 Å². The molecule has 0 aromatic heterocycles. The van der Waals surface area contributed by atoms with E-state index in [-0.39, 0.29) is 30.0 Å². The van der Waals surface area contributed by atoms with E-state index in [4.69, 9.17) is 9.97 Å². The quantitative estimate of drug-likeness (QED) is 0.657. The third-order valence-corrected chi connectivity index (χ3v) is 6.18. The predicted molar refractivity (Wildman–Crippen MR) is 117 cm³/mol. The molecule has 8 heteroatoms. The van der Waals surface area contributed by atoms with E-state index in [2.05, 4.69) is 12.2 Å². The van der Waals surface area contributed by atoms with Crippen LogP contribution < -0.4 is 11.0 Å². The first-order valence-electron chi connectivity index (χ1n) is 10.7. The minimum atomic E-state index is -0.235. The van der Waals surface area contributed by atoms with E-state index in [1.165, 1.54) is 25.0 Å². The summed E-state index contributed by atoms with van der Waals surface area (Å²) in [6.45, 7) is 3.29. The molecule has 1 atom stereocenters. The van der Waals surface area contributed by atoms with E-state index in [1.54, 1.807) is 21.3 Å². The van der Waals surface area contributed by atoms with E-state index in [0.717, 1.165) is 48.6 Å². The summed E-state index contributed by atoms with van der Waals surface area (Å²) >= 11 is 0. The molecule has 1 aliphatic carbocycles. The van der Waals surface area contributed by atoms with Gasteiger partial charge in [-0.05, 0) is 43.4 Å². The highest BCUT2D eigenvalue weighted by Crippen LogP contribution is 2.37. The zero-order valence-electron chi connectivity index (χ0n) is 17.1. The van der Waals surface area contributed by atoms with Crippen molar-refractivity contribution < 1.29 is 4.39 Å². The summed E-state index contributed by atoms with van der Waals surface area (Å²) in [6.07, 6.45) is 6.30. The molecule has 3 aliphatic heterocycles. The van der Waals surface area contributed by atoms with E-state index >= 15 is 0 Å². The summed E-state index contributed by atoms with van der Waals surface area (Å²) in [5.41, 5.74) is 1.82. The Kier molecular flexibility index (Phi) is 5.82. The van der Waals surface area contributed by atoms with Crippen LogP contribution in [0.15, 0.2) is 29.1 Å². The lowest BCUT2D eigenvalue weighted by atomic mass is 10.1. The molecule has 6 nitrogen and oxygen atoms in total. The molecule has 1 saturated carbocycles. The third-order valence-electron chi connectivity index (χ3n) is 6.18. The highest BCUT2D eigenvalue weighted by atomic mass is 35.5. The fourth-order valence-corrected chi connectivity index (χ4v) is 4.75. The molecule has 5 rings (SSSR count). The smallest absolute Gasteiger partial charge is 0.331 e. The van der Waals surface area contributed by atoms with Gasteiger partial charge in [0.15, 0.2) is 5.82 Å². The van der Waals surface area contributed by atoms with Gasteiger partial charge in [-0.2, -0.15) is 0 Å². The average Bonchev–Trinajstić information content (AvgIpc) is 3.45. The number of benzene rings is 1. The van der Waals surface area contributed by atoms with E-state index in [0.29, 0.717) is 24.8 Å². The fourth-order valence-electron chi connectivity index (χ4n) is 4.75. The van der Waals surface area contributed by atoms with E-state index in [9.17, 15) is 9.18 Å². The lowest BCUT2D eigenvalue weighted by molar-refractivity contribution is 0.559. The van der Waals surface area contributed by atoms with Gasteiger partial charge in [0, 0.05) is 25.0 Å². The van der Waals surface area contributed by atoms with Crippen molar-refractivity contribution in [3.8, 4) is 11.5 Å². The SMILES string of the molecule is CCCn1c2nc(C3CCCC3)nc-2c2n(c1=O)CC(Cc1ccc(F)cc1)N2.Cl. The van der Waals surface area contributed by atoms with Crippen LogP contribution in [0.2, 0.25) is 0 Å². The molecule has 0 spiro atoms. The molecule has 1 unspecified atom stereocenters. The van der Waals surface area contributed by atoms with Crippen LogP contribution in [0.5, 0.6) is 0 Å². The summed E-state index contributed by atoms with van der Waals surface area (Å²) in [5.74, 6) is 2.55. The summed E-state index contributed by atoms with van der Waals surface area (Å²) < 4.78 is 16.8. The molecular formula is C22H27ClFN5O. The summed E-state index contributed by atoms with van der Waals surface area (Å²) in [4.78, 5) is 22.9. The van der Waals surface area contributed by atoms with Crippen molar-refractivity contribution in [2.75, 3.05) is 5.32 Å². The minimum Gasteiger partial charge on any atom is -0.365 e. The first-order chi connectivity index (χ1) is 14.1. The summed E-state index contributed by atoms with van der Waals surface area (Å²) in [6, 6.07) is 6.63. The van der Waals surface area contributed by atoms with Gasteiger partial charge in [-0.1, -0.05) is 31.9 Å². The molecule has 0 amide bonds. The van der Waals surface area contributed by atoms with Gasteiger partial charge < -0.3 is 5.32 Å². The zero-order valence-corrected chi connectivity index (χ0v) is 17.9. The Morgan fingerprint density at radius 3 is 2.60 bits per heavy atom. The highest BCUT2D eigenvalue weighted by Gasteiger charge is 2.33. The summed E-state index contributed by atoms with van der Waals surface area (Å²) in [5, 5.41) is 3.51. The zero-order chi connectivity index (χ0) is 20.0. The highest BCUT2D eigenvalue weighted by molar-refractivity contribution is 5.85. The molecule has 4 aliphatic rings. The van der Waals surface area contributed by atoms with Crippen LogP contribution >= 0.6 is 12.4 Å². The van der Waals surface area contributed by atoms with Gasteiger partial charge in [0.1, 0.15) is 23.2 Å². The predicted octanol–water partition coefficient (Wildman–Crippen LogP) is 4.21. The topological polar surface area (TPSA) is 64.7 Å². The van der Waals surface area contributed by atoms with Crippen molar-refractivity contribution in [2.45, 2.75) is 70.5 Å². The Labute approximate surface area is 181 Å². The number of halogens is 2. The van der Waals surface area contributed by atoms with Crippen molar-refractivity contribution in [2.24, 2.45) is 0 Å². The van der Waals surface area contributed by atoms with Crippen molar-refractivity contribution in [3.05, 3.63) is 52.0 Å². The molecule has 1 aromatic rings. The Morgan fingerprint density at radius 2 is 1.90 bits per heavy atom. The number of hydrogen-bond donors (Lipinski definition) is 1. The molecule has 1 fully saturated rings. The number of nitrogens with zero attached hydrogens (tertiary/aromatic N) is 4. The van der Waals surface area contributed by atoms with Crippen LogP contribution in [0.25, 0.3) is 11.5 Å². The summed E-state index contributed by atoms with van der Waals surface area (Å²) in [7, 11) is 0. The Hall–Kier alpha value is -2.41. The van der Waals surface area contributed by atoms with Gasteiger partial charge in [0.25, 0.3) is 0 Å². The largest absolute Gasteiger partial charge is 0.365 e. The maximum Gasteiger partial charge on any atom is 0.331 e. The van der Waals surface area contributed by atoms with Crippen molar-refractivity contribution in [3.63, 3.8) is 0 Å². The van der Waals surface area contributed by atoms with Crippen LogP contribution in [0.3, 0.4) is 0 Å². The number of rotatable bonds is 5. The Morgan fingerprint density at radius 1 is 1.17 bits per heavy atom. The lowest BCUT2D eigenvalue weighted by Gasteiger charge is -2.13. The van der Waals surface area contributed by atoms with Gasteiger partial charge >= 0.3 is 5.69 Å². The number of anilines is 1. The van der Waals surface area contributed by atoms with Crippen LogP contribution in [-0.4, -0.2) is 25.1 Å². The number of imidazole rings is 1. The second-order valence-electron chi connectivity index (χ2n) is 8.30. The van der Waals surface area contributed by atoms with Gasteiger partial charge in [0.2, 0.25) is 0 Å². The monoisotopic (exact) mass is 431 g/mol. The molecule has 0 bridgehead atoms. The Balaban J connectivity index is 0.00000218. The normalized spacial score (nSPS) is 18.4. The van der Waals surface area contributed by atoms with Crippen LogP contribution in [0, 0.1) is 5.82 Å². The van der Waals surface area contributed by atoms with Gasteiger partial charge in [0.05, 0.1) is 0 Å². The lowest BCUT2D eigenvalue weighted by Crippen LogP contribution is -2.32. The number of hydrogen-bond acceptors (Lipinski definition) is 4. The van der Waals surface area contributed by atoms with Crippen molar-refractivity contribution >= 4 is 18.2 Å². The molecule has 30 heavy (non-hydrogen) atoms. The minimum absolute atomic E-state index is 0. The van der Waals surface area contributed by atoms with E-state index < -0.39 is 0 Å². The standard InChI is InChI=1S/C22H26FN5O.ClH/c1-2-11-27-21-18(25-19(26-21)15-5-3-4-6-15)20-24-17(13-28(20)22(27)29)12-14-7-9-16(23)10-8-14;/h7-10,15,17,24H,2-6,11-13H2,1H3;1H. The number of nitrogens with one attached hydrogen (secondary N) is 1. The molecule has 0 saturated heterocycles. The molecule has 1 aromatic carbocycles. The van der Waals surface area contributed by atoms with Gasteiger partial charge in [-0.15, -0.1) is 12.4 Å². The third kappa shape index (κ3) is 3.60. The average molecular weight is 432 g/mol. The van der Waals surface area contributed by atoms with Crippen LogP contribution in [-0.2, 0) is 19.5 Å². The van der Waals surface area contributed by atoms with Gasteiger partial charge in [-0.25, -0.2) is 19.2 Å². The van der Waals surface area contributed by atoms with E-state index in [1.807, 2.05) is 0 Å². The second kappa shape index (κ2) is 8.38. The first-order valence-corrected chi connectivity index (χ1v) is 10.7. The molecule has 3 heterocycles. The number of aromatic nitrogens is 4. The fraction of sp³-hybridized carbons (Fsp3) is 0.500. The maximum absolute atomic E-state index is 13.2. The second-order valence-corrected chi connectivity index (χ2v) is 8.30. The molecule has 1 N–H and O–H groups in total. The van der Waals surface area contributed by atoms with Crippen molar-refractivity contribution in [1.82, 2.24) is 19.1 Å². The molecular weight excluding hydrogens is 405 g/mol. The maximum atomic E-state index is 13.2. The van der Waals surface area contributed by atoms with Gasteiger partial charge in [-0.3, -0.25) is 9.13 Å². The number of fused-ring (bicyclic) bond motifs is 3. The molecule has 0 radical (unpaired) electrons.